The minimum atomic E-state index is -3.53. The van der Waals surface area contributed by atoms with Crippen LogP contribution in [-0.2, 0) is 9.84 Å². The number of aromatic nitrogens is 1. The molecule has 7 nitrogen and oxygen atoms in total. The highest BCUT2D eigenvalue weighted by Gasteiger charge is 2.32. The molecule has 0 saturated carbocycles. The van der Waals surface area contributed by atoms with Crippen LogP contribution in [-0.4, -0.2) is 36.7 Å². The van der Waals surface area contributed by atoms with Crippen LogP contribution in [0.1, 0.15) is 12.8 Å². The second-order valence-corrected chi connectivity index (χ2v) is 10.5. The minimum absolute atomic E-state index is 0.121. The van der Waals surface area contributed by atoms with Crippen LogP contribution in [0.4, 0.5) is 10.8 Å². The molecule has 30 heavy (non-hydrogen) atoms. The molecular weight excluding hydrogens is 446 g/mol. The number of rotatable bonds is 5. The van der Waals surface area contributed by atoms with Gasteiger partial charge in [-0.15, -0.1) is 11.3 Å². The summed E-state index contributed by atoms with van der Waals surface area (Å²) in [5, 5.41) is 13.8. The van der Waals surface area contributed by atoms with Crippen LogP contribution in [0.5, 0.6) is 0 Å². The summed E-state index contributed by atoms with van der Waals surface area (Å²) in [4.78, 5) is 17.2. The van der Waals surface area contributed by atoms with Crippen LogP contribution in [0.15, 0.2) is 58.8 Å². The van der Waals surface area contributed by atoms with Gasteiger partial charge in [0.25, 0.3) is 5.69 Å². The lowest BCUT2D eigenvalue weighted by atomic mass is 10.1. The monoisotopic (exact) mass is 463 g/mol. The van der Waals surface area contributed by atoms with Gasteiger partial charge >= 0.3 is 0 Å². The van der Waals surface area contributed by atoms with Gasteiger partial charge in [-0.05, 0) is 37.1 Å². The molecule has 0 N–H and O–H groups in total. The van der Waals surface area contributed by atoms with E-state index in [-0.39, 0.29) is 10.6 Å². The number of hydrogen-bond donors (Lipinski definition) is 0. The molecule has 10 heteroatoms. The summed E-state index contributed by atoms with van der Waals surface area (Å²) in [6, 6.07) is 12.6. The van der Waals surface area contributed by atoms with E-state index in [4.69, 9.17) is 16.6 Å². The van der Waals surface area contributed by atoms with E-state index in [0.717, 1.165) is 16.4 Å². The van der Waals surface area contributed by atoms with Gasteiger partial charge in [-0.25, -0.2) is 13.4 Å². The van der Waals surface area contributed by atoms with Crippen LogP contribution >= 0.6 is 22.9 Å². The molecule has 1 aromatic heterocycles. The summed E-state index contributed by atoms with van der Waals surface area (Å²) in [5.74, 6) is 0. The average Bonchev–Trinajstić information content (AvgIpc) is 3.25. The van der Waals surface area contributed by atoms with E-state index in [0.29, 0.717) is 31.0 Å². The highest BCUT2D eigenvalue weighted by molar-refractivity contribution is 7.92. The predicted octanol–water partition coefficient (Wildman–Crippen LogP) is 4.81. The second-order valence-electron chi connectivity index (χ2n) is 7.00. The molecule has 0 atom stereocenters. The maximum absolute atomic E-state index is 12.9. The molecule has 4 rings (SSSR count). The van der Waals surface area contributed by atoms with Gasteiger partial charge in [0.05, 0.1) is 20.8 Å². The predicted molar refractivity (Wildman–Crippen MR) is 118 cm³/mol. The van der Waals surface area contributed by atoms with Crippen molar-refractivity contribution >= 4 is 43.6 Å². The highest BCUT2D eigenvalue weighted by Crippen LogP contribution is 2.32. The van der Waals surface area contributed by atoms with E-state index < -0.39 is 20.0 Å². The zero-order valence-electron chi connectivity index (χ0n) is 15.8. The van der Waals surface area contributed by atoms with Crippen molar-refractivity contribution < 1.29 is 13.3 Å². The van der Waals surface area contributed by atoms with Gasteiger partial charge in [0.1, 0.15) is 0 Å². The maximum Gasteiger partial charge on any atom is 0.269 e. The van der Waals surface area contributed by atoms with Crippen molar-refractivity contribution in [3.05, 3.63) is 69.0 Å². The first-order valence-electron chi connectivity index (χ1n) is 9.29. The van der Waals surface area contributed by atoms with Gasteiger partial charge < -0.3 is 4.90 Å². The summed E-state index contributed by atoms with van der Waals surface area (Å²) in [6.45, 7) is 1.18. The Balaban J connectivity index is 1.43. The zero-order chi connectivity index (χ0) is 21.3. The zero-order valence-corrected chi connectivity index (χ0v) is 18.2. The fourth-order valence-electron chi connectivity index (χ4n) is 3.47. The summed E-state index contributed by atoms with van der Waals surface area (Å²) >= 11 is 7.47. The van der Waals surface area contributed by atoms with Gasteiger partial charge in [0.15, 0.2) is 15.0 Å². The van der Waals surface area contributed by atoms with Crippen LogP contribution in [0.25, 0.3) is 11.3 Å². The third kappa shape index (κ3) is 4.19. The first kappa shape index (κ1) is 20.8. The molecular formula is C20H18ClN3O4S2. The Morgan fingerprint density at radius 2 is 1.70 bits per heavy atom. The number of nitro benzene ring substituents is 1. The molecule has 1 saturated heterocycles. The van der Waals surface area contributed by atoms with Crippen molar-refractivity contribution in [1.29, 1.82) is 0 Å². The number of sulfone groups is 1. The lowest BCUT2D eigenvalue weighted by Gasteiger charge is -2.31. The number of anilines is 1. The quantitative estimate of drug-likeness (QED) is 0.398. The lowest BCUT2D eigenvalue weighted by Crippen LogP contribution is -2.39. The van der Waals surface area contributed by atoms with E-state index in [1.807, 2.05) is 29.6 Å². The second kappa shape index (κ2) is 8.33. The molecule has 0 aliphatic carbocycles. The van der Waals surface area contributed by atoms with Crippen molar-refractivity contribution in [2.75, 3.05) is 18.0 Å². The van der Waals surface area contributed by atoms with Crippen molar-refractivity contribution in [1.82, 2.24) is 4.98 Å². The van der Waals surface area contributed by atoms with Crippen LogP contribution in [0.2, 0.25) is 5.02 Å². The van der Waals surface area contributed by atoms with E-state index >= 15 is 0 Å². The Morgan fingerprint density at radius 3 is 2.30 bits per heavy atom. The smallest absolute Gasteiger partial charge is 0.269 e. The Hall–Kier alpha value is -2.49. The average molecular weight is 464 g/mol. The molecule has 1 aliphatic rings. The largest absolute Gasteiger partial charge is 0.348 e. The summed E-state index contributed by atoms with van der Waals surface area (Å²) in [5.41, 5.74) is 1.73. The first-order valence-corrected chi connectivity index (χ1v) is 12.1. The number of nitrogens with zero attached hydrogens (tertiary/aromatic N) is 3. The van der Waals surface area contributed by atoms with Crippen molar-refractivity contribution in [3.8, 4) is 11.3 Å². The molecule has 0 radical (unpaired) electrons. The number of nitro groups is 1. The Kier molecular flexibility index (Phi) is 5.77. The molecule has 0 spiro atoms. The molecule has 2 aromatic carbocycles. The van der Waals surface area contributed by atoms with Gasteiger partial charge in [-0.2, -0.15) is 0 Å². The molecule has 1 fully saturated rings. The molecule has 0 unspecified atom stereocenters. The fourth-order valence-corrected chi connectivity index (χ4v) is 6.22. The van der Waals surface area contributed by atoms with E-state index in [2.05, 4.69) is 4.90 Å². The molecule has 1 aliphatic heterocycles. The third-order valence-electron chi connectivity index (χ3n) is 5.16. The van der Waals surface area contributed by atoms with Crippen molar-refractivity contribution in [3.63, 3.8) is 0 Å². The van der Waals surface area contributed by atoms with Crippen LogP contribution < -0.4 is 4.90 Å². The maximum atomic E-state index is 12.9. The number of halogens is 1. The minimum Gasteiger partial charge on any atom is -0.348 e. The summed E-state index contributed by atoms with van der Waals surface area (Å²) in [6.07, 6.45) is 0.963. The van der Waals surface area contributed by atoms with E-state index in [1.54, 1.807) is 0 Å². The molecule has 0 amide bonds. The molecule has 3 aromatic rings. The molecule has 2 heterocycles. The standard InChI is InChI=1S/C20H18ClN3O4S2/c21-15-3-1-14(2-4-15)19-13-29-20(22-19)23-11-9-18(10-12-23)30(27,28)17-7-5-16(6-8-17)24(25)26/h1-8,13,18H,9-12H2. The van der Waals surface area contributed by atoms with Crippen LogP contribution in [0.3, 0.4) is 0 Å². The number of non-ortho nitro benzene ring substituents is 1. The van der Waals surface area contributed by atoms with E-state index in [9.17, 15) is 18.5 Å². The normalized spacial score (nSPS) is 15.3. The van der Waals surface area contributed by atoms with Crippen LogP contribution in [0, 0.1) is 10.1 Å². The van der Waals surface area contributed by atoms with Crippen molar-refractivity contribution in [2.24, 2.45) is 0 Å². The summed E-state index contributed by atoms with van der Waals surface area (Å²) < 4.78 is 25.8. The number of hydrogen-bond acceptors (Lipinski definition) is 7. The first-order chi connectivity index (χ1) is 14.3. The molecule has 156 valence electrons. The Bertz CT molecular complexity index is 1150. The van der Waals surface area contributed by atoms with Gasteiger partial charge in [-0.3, -0.25) is 10.1 Å². The number of thiazole rings is 1. The van der Waals surface area contributed by atoms with Crippen molar-refractivity contribution in [2.45, 2.75) is 23.0 Å². The lowest BCUT2D eigenvalue weighted by molar-refractivity contribution is -0.384. The number of piperidine rings is 1. The summed E-state index contributed by atoms with van der Waals surface area (Å²) in [7, 11) is -3.53. The molecule has 0 bridgehead atoms. The number of benzene rings is 2. The Labute approximate surface area is 183 Å². The van der Waals surface area contributed by atoms with E-state index in [1.165, 1.54) is 35.6 Å². The highest BCUT2D eigenvalue weighted by atomic mass is 35.5. The third-order valence-corrected chi connectivity index (χ3v) is 8.59. The topological polar surface area (TPSA) is 93.4 Å². The fraction of sp³-hybridized carbons (Fsp3) is 0.250. The van der Waals surface area contributed by atoms with Gasteiger partial charge in [0, 0.05) is 41.2 Å². The Morgan fingerprint density at radius 1 is 1.07 bits per heavy atom. The van der Waals surface area contributed by atoms with Gasteiger partial charge in [-0.1, -0.05) is 23.7 Å². The van der Waals surface area contributed by atoms with Gasteiger partial charge in [0.2, 0.25) is 0 Å². The SMILES string of the molecule is O=[N+]([O-])c1ccc(S(=O)(=O)C2CCN(c3nc(-c4ccc(Cl)cc4)cs3)CC2)cc1.